The lowest BCUT2D eigenvalue weighted by atomic mass is 10.1. The van der Waals surface area contributed by atoms with Gasteiger partial charge in [0.05, 0.1) is 0 Å². The Morgan fingerprint density at radius 3 is 2.72 bits per heavy atom. The normalized spacial score (nSPS) is 10.2. The molecule has 0 bridgehead atoms. The van der Waals surface area contributed by atoms with Crippen LogP contribution in [0, 0.1) is 13.8 Å². The Labute approximate surface area is 109 Å². The highest BCUT2D eigenvalue weighted by atomic mass is 16.5. The van der Waals surface area contributed by atoms with Gasteiger partial charge in [0, 0.05) is 25.4 Å². The Kier molecular flexibility index (Phi) is 6.22. The summed E-state index contributed by atoms with van der Waals surface area (Å²) in [6.45, 7) is 8.05. The van der Waals surface area contributed by atoms with Crippen LogP contribution in [-0.2, 0) is 4.74 Å². The van der Waals surface area contributed by atoms with Crippen LogP contribution in [0.3, 0.4) is 0 Å². The fourth-order valence-electron chi connectivity index (χ4n) is 1.51. The van der Waals surface area contributed by atoms with Crippen molar-refractivity contribution in [2.45, 2.75) is 27.2 Å². The first-order valence-electron chi connectivity index (χ1n) is 6.33. The molecule has 4 nitrogen and oxygen atoms in total. The number of carbonyl (C=O) groups is 1. The van der Waals surface area contributed by atoms with Gasteiger partial charge in [-0.2, -0.15) is 0 Å². The van der Waals surface area contributed by atoms with Gasteiger partial charge in [0.15, 0.2) is 0 Å². The molecule has 4 heteroatoms. The Morgan fingerprint density at radius 2 is 2.06 bits per heavy atom. The topological polar surface area (TPSA) is 50.4 Å². The maximum atomic E-state index is 11.6. The molecule has 1 aromatic rings. The average molecular weight is 250 g/mol. The molecule has 18 heavy (non-hydrogen) atoms. The minimum atomic E-state index is -0.172. The van der Waals surface area contributed by atoms with Gasteiger partial charge in [-0.1, -0.05) is 6.07 Å². The van der Waals surface area contributed by atoms with E-state index in [-0.39, 0.29) is 6.03 Å². The molecular formula is C14H22N2O2. The van der Waals surface area contributed by atoms with Gasteiger partial charge in [0.25, 0.3) is 0 Å². The Morgan fingerprint density at radius 1 is 1.28 bits per heavy atom. The van der Waals surface area contributed by atoms with E-state index in [0.29, 0.717) is 13.2 Å². The molecule has 0 saturated heterocycles. The van der Waals surface area contributed by atoms with Crippen LogP contribution >= 0.6 is 0 Å². The lowest BCUT2D eigenvalue weighted by Gasteiger charge is -2.09. The van der Waals surface area contributed by atoms with E-state index in [1.54, 1.807) is 0 Å². The number of benzene rings is 1. The predicted molar refractivity (Wildman–Crippen MR) is 74.0 cm³/mol. The smallest absolute Gasteiger partial charge is 0.319 e. The molecule has 0 aliphatic carbocycles. The molecule has 0 aliphatic heterocycles. The third kappa shape index (κ3) is 5.19. The fraction of sp³-hybridized carbons (Fsp3) is 0.500. The molecule has 0 atom stereocenters. The summed E-state index contributed by atoms with van der Waals surface area (Å²) in [4.78, 5) is 11.6. The zero-order chi connectivity index (χ0) is 13.4. The number of ether oxygens (including phenoxy) is 1. The molecule has 1 aromatic carbocycles. The minimum Gasteiger partial charge on any atom is -0.382 e. The molecule has 0 fully saturated rings. The third-order valence-corrected chi connectivity index (χ3v) is 2.72. The number of hydrogen-bond acceptors (Lipinski definition) is 2. The van der Waals surface area contributed by atoms with Gasteiger partial charge in [-0.15, -0.1) is 0 Å². The van der Waals surface area contributed by atoms with Crippen LogP contribution in [0.15, 0.2) is 18.2 Å². The molecule has 0 spiro atoms. The number of nitrogens with one attached hydrogen (secondary N) is 2. The van der Waals surface area contributed by atoms with Gasteiger partial charge >= 0.3 is 6.03 Å². The third-order valence-electron chi connectivity index (χ3n) is 2.72. The highest BCUT2D eigenvalue weighted by molar-refractivity contribution is 5.89. The summed E-state index contributed by atoms with van der Waals surface area (Å²) < 4.78 is 5.19. The molecule has 1 rings (SSSR count). The minimum absolute atomic E-state index is 0.172. The predicted octanol–water partition coefficient (Wildman–Crippen LogP) is 2.85. The summed E-state index contributed by atoms with van der Waals surface area (Å²) in [5, 5.41) is 5.60. The van der Waals surface area contributed by atoms with E-state index in [1.807, 2.05) is 39.0 Å². The number of rotatable bonds is 6. The van der Waals surface area contributed by atoms with Crippen molar-refractivity contribution in [1.82, 2.24) is 5.32 Å². The Bertz CT molecular complexity index is 391. The molecule has 100 valence electrons. The molecule has 0 saturated carbocycles. The molecule has 0 aliphatic rings. The van der Waals surface area contributed by atoms with Gasteiger partial charge < -0.3 is 15.4 Å². The largest absolute Gasteiger partial charge is 0.382 e. The van der Waals surface area contributed by atoms with Crippen LogP contribution in [0.25, 0.3) is 0 Å². The molecule has 0 heterocycles. The summed E-state index contributed by atoms with van der Waals surface area (Å²) in [7, 11) is 0. The number of urea groups is 1. The molecule has 2 N–H and O–H groups in total. The van der Waals surface area contributed by atoms with E-state index in [2.05, 4.69) is 10.6 Å². The van der Waals surface area contributed by atoms with Crippen molar-refractivity contribution in [2.75, 3.05) is 25.1 Å². The van der Waals surface area contributed by atoms with Crippen molar-refractivity contribution in [3.05, 3.63) is 29.3 Å². The highest BCUT2D eigenvalue weighted by Crippen LogP contribution is 2.13. The van der Waals surface area contributed by atoms with Crippen LogP contribution in [0.4, 0.5) is 10.5 Å². The van der Waals surface area contributed by atoms with Gasteiger partial charge in [-0.05, 0) is 50.5 Å². The summed E-state index contributed by atoms with van der Waals surface area (Å²) in [6, 6.07) is 5.70. The van der Waals surface area contributed by atoms with Crippen molar-refractivity contribution in [1.29, 1.82) is 0 Å². The van der Waals surface area contributed by atoms with E-state index in [4.69, 9.17) is 4.74 Å². The summed E-state index contributed by atoms with van der Waals surface area (Å²) in [5.41, 5.74) is 3.21. The van der Waals surface area contributed by atoms with Gasteiger partial charge in [0.1, 0.15) is 0 Å². The van der Waals surface area contributed by atoms with Crippen molar-refractivity contribution in [3.8, 4) is 0 Å². The van der Waals surface area contributed by atoms with Crippen LogP contribution < -0.4 is 10.6 Å². The summed E-state index contributed by atoms with van der Waals surface area (Å²) in [5.74, 6) is 0. The molecular weight excluding hydrogens is 228 g/mol. The van der Waals surface area contributed by atoms with Crippen LogP contribution in [0.5, 0.6) is 0 Å². The van der Waals surface area contributed by atoms with Crippen molar-refractivity contribution in [3.63, 3.8) is 0 Å². The Hall–Kier alpha value is -1.55. The number of carbonyl (C=O) groups excluding carboxylic acids is 1. The zero-order valence-corrected chi connectivity index (χ0v) is 11.4. The monoisotopic (exact) mass is 250 g/mol. The molecule has 0 radical (unpaired) electrons. The van der Waals surface area contributed by atoms with Crippen molar-refractivity contribution in [2.24, 2.45) is 0 Å². The van der Waals surface area contributed by atoms with Gasteiger partial charge in [-0.25, -0.2) is 4.79 Å². The lowest BCUT2D eigenvalue weighted by molar-refractivity contribution is 0.145. The molecule has 2 amide bonds. The van der Waals surface area contributed by atoms with E-state index in [9.17, 15) is 4.79 Å². The standard InChI is InChI=1S/C14H22N2O2/c1-4-18-9-5-8-15-14(17)16-13-7-6-11(2)12(3)10-13/h6-7,10H,4-5,8-9H2,1-3H3,(H2,15,16,17). The summed E-state index contributed by atoms with van der Waals surface area (Å²) in [6.07, 6.45) is 0.828. The van der Waals surface area contributed by atoms with E-state index < -0.39 is 0 Å². The number of aryl methyl sites for hydroxylation is 2. The number of anilines is 1. The number of amides is 2. The maximum Gasteiger partial charge on any atom is 0.319 e. The lowest BCUT2D eigenvalue weighted by Crippen LogP contribution is -2.30. The quantitative estimate of drug-likeness (QED) is 0.763. The van der Waals surface area contributed by atoms with Gasteiger partial charge in [-0.3, -0.25) is 0 Å². The van der Waals surface area contributed by atoms with Crippen molar-refractivity contribution < 1.29 is 9.53 Å². The van der Waals surface area contributed by atoms with Crippen LogP contribution in [0.2, 0.25) is 0 Å². The van der Waals surface area contributed by atoms with Crippen LogP contribution in [-0.4, -0.2) is 25.8 Å². The SMILES string of the molecule is CCOCCCNC(=O)Nc1ccc(C)c(C)c1. The average Bonchev–Trinajstić information content (AvgIpc) is 2.34. The first kappa shape index (κ1) is 14.5. The molecule has 0 unspecified atom stereocenters. The second-order valence-electron chi connectivity index (χ2n) is 4.23. The van der Waals surface area contributed by atoms with Crippen molar-refractivity contribution >= 4 is 11.7 Å². The van der Waals surface area contributed by atoms with E-state index in [1.165, 1.54) is 11.1 Å². The first-order chi connectivity index (χ1) is 8.63. The first-order valence-corrected chi connectivity index (χ1v) is 6.33. The maximum absolute atomic E-state index is 11.6. The highest BCUT2D eigenvalue weighted by Gasteiger charge is 2.01. The second kappa shape index (κ2) is 7.71. The van der Waals surface area contributed by atoms with E-state index >= 15 is 0 Å². The van der Waals surface area contributed by atoms with E-state index in [0.717, 1.165) is 18.7 Å². The van der Waals surface area contributed by atoms with Gasteiger partial charge in [0.2, 0.25) is 0 Å². The number of hydrogen-bond donors (Lipinski definition) is 2. The zero-order valence-electron chi connectivity index (χ0n) is 11.4. The molecule has 0 aromatic heterocycles. The summed E-state index contributed by atoms with van der Waals surface area (Å²) >= 11 is 0. The second-order valence-corrected chi connectivity index (χ2v) is 4.23. The Balaban J connectivity index is 2.29. The van der Waals surface area contributed by atoms with Crippen LogP contribution in [0.1, 0.15) is 24.5 Å². The fourth-order valence-corrected chi connectivity index (χ4v) is 1.51.